The molecule has 0 bridgehead atoms. The molecular weight excluding hydrogens is 419 g/mol. The number of hydrogen-bond donors (Lipinski definition) is 1. The number of ether oxygens (including phenoxy) is 1. The van der Waals surface area contributed by atoms with E-state index in [2.05, 4.69) is 59.9 Å². The largest absolute Gasteiger partial charge is 0.364 e. The number of nitrogens with one attached hydrogen (secondary N) is 1. The van der Waals surface area contributed by atoms with E-state index in [4.69, 9.17) is 27.9 Å². The molecule has 1 N–H and O–H groups in total. The minimum absolute atomic E-state index is 0.0316. The lowest BCUT2D eigenvalue weighted by molar-refractivity contribution is -0.0577. The summed E-state index contributed by atoms with van der Waals surface area (Å²) < 4.78 is 8.32. The van der Waals surface area contributed by atoms with Gasteiger partial charge in [-0.2, -0.15) is 5.10 Å². The summed E-state index contributed by atoms with van der Waals surface area (Å²) in [6, 6.07) is 5.54. The molecule has 2 atom stereocenters. The SMILES string of the molecule is CC(C)(C)C#CC#CCNC[C@@H]1CC[C@@](Cn2cncn2)(c2ccc(Cl)cc2Cl)O1. The summed E-state index contributed by atoms with van der Waals surface area (Å²) in [7, 11) is 0. The molecule has 2 heterocycles. The van der Waals surface area contributed by atoms with Crippen LogP contribution in [0.25, 0.3) is 0 Å². The molecule has 7 heteroatoms. The van der Waals surface area contributed by atoms with E-state index < -0.39 is 5.60 Å². The highest BCUT2D eigenvalue weighted by atomic mass is 35.5. The first-order valence-electron chi connectivity index (χ1n) is 9.94. The predicted octanol–water partition coefficient (Wildman–Crippen LogP) is 4.30. The Morgan fingerprint density at radius 2 is 2.13 bits per heavy atom. The van der Waals surface area contributed by atoms with Crippen LogP contribution in [-0.2, 0) is 16.9 Å². The first-order chi connectivity index (χ1) is 14.3. The third-order valence-electron chi connectivity index (χ3n) is 4.74. The molecule has 2 aromatic rings. The Bertz CT molecular complexity index is 977. The summed E-state index contributed by atoms with van der Waals surface area (Å²) in [5, 5.41) is 8.79. The molecule has 1 fully saturated rings. The van der Waals surface area contributed by atoms with Crippen LogP contribution in [0.3, 0.4) is 0 Å². The maximum absolute atomic E-state index is 6.55. The summed E-state index contributed by atoms with van der Waals surface area (Å²) in [5.41, 5.74) is 0.311. The first-order valence-corrected chi connectivity index (χ1v) is 10.7. The maximum atomic E-state index is 6.55. The Labute approximate surface area is 188 Å². The van der Waals surface area contributed by atoms with E-state index in [1.807, 2.05) is 12.1 Å². The lowest BCUT2D eigenvalue weighted by atomic mass is 9.90. The van der Waals surface area contributed by atoms with Crippen molar-refractivity contribution in [2.24, 2.45) is 5.41 Å². The predicted molar refractivity (Wildman–Crippen MR) is 120 cm³/mol. The quantitative estimate of drug-likeness (QED) is 0.532. The maximum Gasteiger partial charge on any atom is 0.137 e. The Morgan fingerprint density at radius 3 is 2.83 bits per heavy atom. The Hall–Kier alpha value is -2.02. The fraction of sp³-hybridized carbons (Fsp3) is 0.478. The summed E-state index contributed by atoms with van der Waals surface area (Å²) in [6.45, 7) is 8.00. The second-order valence-corrected chi connectivity index (χ2v) is 9.27. The molecule has 1 aliphatic rings. The van der Waals surface area contributed by atoms with E-state index in [1.54, 1.807) is 17.1 Å². The van der Waals surface area contributed by atoms with Crippen LogP contribution in [0, 0.1) is 29.1 Å². The van der Waals surface area contributed by atoms with E-state index >= 15 is 0 Å². The van der Waals surface area contributed by atoms with Crippen molar-refractivity contribution in [1.82, 2.24) is 20.1 Å². The molecule has 1 aliphatic heterocycles. The van der Waals surface area contributed by atoms with Crippen LogP contribution in [-0.4, -0.2) is 34.0 Å². The molecule has 0 aliphatic carbocycles. The number of nitrogens with zero attached hydrogens (tertiary/aromatic N) is 3. The second kappa shape index (κ2) is 9.86. The van der Waals surface area contributed by atoms with Gasteiger partial charge in [0, 0.05) is 27.6 Å². The van der Waals surface area contributed by atoms with Crippen molar-refractivity contribution in [3.63, 3.8) is 0 Å². The number of aromatic nitrogens is 3. The van der Waals surface area contributed by atoms with Crippen molar-refractivity contribution >= 4 is 23.2 Å². The van der Waals surface area contributed by atoms with E-state index in [0.717, 1.165) is 18.4 Å². The monoisotopic (exact) mass is 444 g/mol. The Kier molecular flexibility index (Phi) is 7.45. The van der Waals surface area contributed by atoms with Crippen molar-refractivity contribution in [1.29, 1.82) is 0 Å². The average molecular weight is 445 g/mol. The van der Waals surface area contributed by atoms with Crippen molar-refractivity contribution in [3.8, 4) is 23.7 Å². The van der Waals surface area contributed by atoms with Gasteiger partial charge in [0.2, 0.25) is 0 Å². The van der Waals surface area contributed by atoms with Crippen LogP contribution in [0.5, 0.6) is 0 Å². The van der Waals surface area contributed by atoms with E-state index in [9.17, 15) is 0 Å². The van der Waals surface area contributed by atoms with Gasteiger partial charge in [-0.1, -0.05) is 41.1 Å². The van der Waals surface area contributed by atoms with Gasteiger partial charge in [0.1, 0.15) is 18.3 Å². The fourth-order valence-corrected chi connectivity index (χ4v) is 3.99. The number of hydrogen-bond acceptors (Lipinski definition) is 4. The molecule has 0 saturated carbocycles. The highest BCUT2D eigenvalue weighted by molar-refractivity contribution is 6.35. The molecule has 5 nitrogen and oxygen atoms in total. The zero-order chi connectivity index (χ0) is 21.6. The van der Waals surface area contributed by atoms with Crippen molar-refractivity contribution in [2.45, 2.75) is 51.9 Å². The van der Waals surface area contributed by atoms with Gasteiger partial charge in [-0.25, -0.2) is 9.67 Å². The van der Waals surface area contributed by atoms with Crippen LogP contribution in [0.2, 0.25) is 10.0 Å². The van der Waals surface area contributed by atoms with E-state index in [0.29, 0.717) is 29.7 Å². The lowest BCUT2D eigenvalue weighted by Crippen LogP contribution is -2.35. The first kappa shape index (κ1) is 22.7. The summed E-state index contributed by atoms with van der Waals surface area (Å²) in [4.78, 5) is 4.05. The van der Waals surface area contributed by atoms with Gasteiger partial charge in [0.25, 0.3) is 0 Å². The zero-order valence-corrected chi connectivity index (χ0v) is 19.0. The topological polar surface area (TPSA) is 52.0 Å². The number of rotatable bonds is 6. The third kappa shape index (κ3) is 6.24. The smallest absolute Gasteiger partial charge is 0.137 e. The van der Waals surface area contributed by atoms with Gasteiger partial charge in [-0.15, -0.1) is 0 Å². The van der Waals surface area contributed by atoms with Crippen LogP contribution in [0.1, 0.15) is 39.2 Å². The Balaban J connectivity index is 1.65. The van der Waals surface area contributed by atoms with Crippen molar-refractivity contribution < 1.29 is 4.74 Å². The highest BCUT2D eigenvalue weighted by Gasteiger charge is 2.43. The summed E-state index contributed by atoms with van der Waals surface area (Å²) in [6.07, 6.45) is 4.98. The second-order valence-electron chi connectivity index (χ2n) is 8.42. The molecule has 30 heavy (non-hydrogen) atoms. The fourth-order valence-electron chi connectivity index (χ4n) is 3.41. The molecule has 158 valence electrons. The van der Waals surface area contributed by atoms with E-state index in [-0.39, 0.29) is 11.5 Å². The highest BCUT2D eigenvalue weighted by Crippen LogP contribution is 2.44. The van der Waals surface area contributed by atoms with Gasteiger partial charge >= 0.3 is 0 Å². The Morgan fingerprint density at radius 1 is 1.30 bits per heavy atom. The normalized spacial score (nSPS) is 20.9. The lowest BCUT2D eigenvalue weighted by Gasteiger charge is -2.31. The molecule has 0 spiro atoms. The molecule has 0 unspecified atom stereocenters. The summed E-state index contributed by atoms with van der Waals surface area (Å²) in [5.74, 6) is 11.9. The summed E-state index contributed by atoms with van der Waals surface area (Å²) >= 11 is 12.6. The molecule has 0 radical (unpaired) electrons. The van der Waals surface area contributed by atoms with Gasteiger partial charge in [0.15, 0.2) is 0 Å². The standard InChI is InChI=1S/C23H26Cl2N4O/c1-22(2,3)10-5-4-6-12-26-14-19-9-11-23(30-19,15-29-17-27-16-28-29)20-8-7-18(24)13-21(20)25/h7-8,13,16-17,19,26H,9,11-12,14-15H2,1-3H3/t19-,23+/m0/s1. The van der Waals surface area contributed by atoms with Crippen LogP contribution in [0.4, 0.5) is 0 Å². The van der Waals surface area contributed by atoms with Crippen molar-refractivity contribution in [2.75, 3.05) is 13.1 Å². The molecule has 1 aromatic carbocycles. The molecule has 1 aromatic heterocycles. The minimum atomic E-state index is -0.578. The minimum Gasteiger partial charge on any atom is -0.364 e. The molecule has 3 rings (SSSR count). The van der Waals surface area contributed by atoms with Gasteiger partial charge in [-0.05, 0) is 57.6 Å². The van der Waals surface area contributed by atoms with Crippen LogP contribution < -0.4 is 5.32 Å². The third-order valence-corrected chi connectivity index (χ3v) is 5.29. The average Bonchev–Trinajstić information content (AvgIpc) is 3.31. The number of benzene rings is 1. The van der Waals surface area contributed by atoms with E-state index in [1.165, 1.54) is 6.33 Å². The van der Waals surface area contributed by atoms with Gasteiger partial charge in [-0.3, -0.25) is 0 Å². The van der Waals surface area contributed by atoms with Crippen LogP contribution >= 0.6 is 23.2 Å². The molecule has 0 amide bonds. The van der Waals surface area contributed by atoms with Crippen LogP contribution in [0.15, 0.2) is 30.9 Å². The van der Waals surface area contributed by atoms with Gasteiger partial charge in [0.05, 0.1) is 19.2 Å². The van der Waals surface area contributed by atoms with Crippen molar-refractivity contribution in [3.05, 3.63) is 46.5 Å². The zero-order valence-electron chi connectivity index (χ0n) is 17.5. The molecular formula is C23H26Cl2N4O. The number of halogens is 2. The van der Waals surface area contributed by atoms with Gasteiger partial charge < -0.3 is 10.1 Å². The molecule has 1 saturated heterocycles.